The minimum Gasteiger partial charge on any atom is -0.480 e. The van der Waals surface area contributed by atoms with E-state index < -0.39 is 12.0 Å². The zero-order valence-corrected chi connectivity index (χ0v) is 21.0. The fourth-order valence-corrected chi connectivity index (χ4v) is 4.34. The van der Waals surface area contributed by atoms with Crippen LogP contribution in [0.2, 0.25) is 0 Å². The van der Waals surface area contributed by atoms with E-state index in [0.717, 1.165) is 42.1 Å². The second-order valence-electron chi connectivity index (χ2n) is 9.36. The summed E-state index contributed by atoms with van der Waals surface area (Å²) >= 11 is 0. The summed E-state index contributed by atoms with van der Waals surface area (Å²) in [6.07, 6.45) is 22.9. The van der Waals surface area contributed by atoms with Crippen molar-refractivity contribution in [2.24, 2.45) is 0 Å². The zero-order valence-electron chi connectivity index (χ0n) is 21.0. The first kappa shape index (κ1) is 27.7. The number of allylic oxidation sites excluding steroid dienone is 2. The number of hydrogen-bond acceptors (Lipinski definition) is 2. The zero-order chi connectivity index (χ0) is 24.4. The second kappa shape index (κ2) is 17.0. The van der Waals surface area contributed by atoms with E-state index in [1.54, 1.807) is 0 Å². The topological polar surface area (TPSA) is 82.2 Å². The highest BCUT2D eigenvalue weighted by atomic mass is 16.4. The monoisotopic (exact) mass is 468 g/mol. The SMILES string of the molecule is CCCCCCCC/C=C/CCCCCCCC(=O)N[C@@H](Cc1c[nH]c2ccccc12)C(=O)O. The van der Waals surface area contributed by atoms with Gasteiger partial charge in [0.2, 0.25) is 5.91 Å². The Morgan fingerprint density at radius 1 is 0.912 bits per heavy atom. The largest absolute Gasteiger partial charge is 0.480 e. The first-order valence-corrected chi connectivity index (χ1v) is 13.3. The molecule has 1 aromatic heterocycles. The Morgan fingerprint density at radius 2 is 1.53 bits per heavy atom. The third-order valence-electron chi connectivity index (χ3n) is 6.40. The van der Waals surface area contributed by atoms with Crippen LogP contribution >= 0.6 is 0 Å². The predicted molar refractivity (Wildman–Crippen MR) is 141 cm³/mol. The maximum absolute atomic E-state index is 12.3. The molecule has 0 aliphatic carbocycles. The number of benzene rings is 1. The van der Waals surface area contributed by atoms with Crippen molar-refractivity contribution in [3.8, 4) is 0 Å². The number of aromatic nitrogens is 1. The fourth-order valence-electron chi connectivity index (χ4n) is 4.34. The predicted octanol–water partition coefficient (Wildman–Crippen LogP) is 7.32. The molecular weight excluding hydrogens is 424 g/mol. The number of H-pyrrole nitrogens is 1. The molecule has 188 valence electrons. The van der Waals surface area contributed by atoms with Crippen molar-refractivity contribution >= 4 is 22.8 Å². The van der Waals surface area contributed by atoms with Gasteiger partial charge in [-0.05, 0) is 43.7 Å². The maximum Gasteiger partial charge on any atom is 0.326 e. The number of aliphatic carboxylic acids is 1. The van der Waals surface area contributed by atoms with Crippen LogP contribution in [0.1, 0.15) is 102 Å². The highest BCUT2D eigenvalue weighted by Crippen LogP contribution is 2.19. The first-order chi connectivity index (χ1) is 16.6. The van der Waals surface area contributed by atoms with Gasteiger partial charge in [-0.3, -0.25) is 4.79 Å². The van der Waals surface area contributed by atoms with Gasteiger partial charge in [0.05, 0.1) is 0 Å². The summed E-state index contributed by atoms with van der Waals surface area (Å²) in [6, 6.07) is 6.89. The average molecular weight is 469 g/mol. The number of carbonyl (C=O) groups is 2. The Labute approximate surface area is 205 Å². The minimum absolute atomic E-state index is 0.176. The standard InChI is InChI=1S/C29H44N2O3/c1-2-3-4-5-6-7-8-9-10-11-12-13-14-15-16-21-28(32)31-27(29(33)34)22-24-23-30-26-20-18-17-19-25(24)26/h9-10,17-20,23,27,30H,2-8,11-16,21-22H2,1H3,(H,31,32)(H,33,34)/b10-9+/t27-/m0/s1. The van der Waals surface area contributed by atoms with Gasteiger partial charge in [-0.25, -0.2) is 4.79 Å². The first-order valence-electron chi connectivity index (χ1n) is 13.3. The molecule has 0 spiro atoms. The quantitative estimate of drug-likeness (QED) is 0.149. The molecule has 0 saturated carbocycles. The van der Waals surface area contributed by atoms with Crippen molar-refractivity contribution in [1.82, 2.24) is 10.3 Å². The number of fused-ring (bicyclic) bond motifs is 1. The van der Waals surface area contributed by atoms with Gasteiger partial charge in [-0.1, -0.05) is 88.6 Å². The van der Waals surface area contributed by atoms with E-state index in [1.165, 1.54) is 57.8 Å². The number of amides is 1. The highest BCUT2D eigenvalue weighted by Gasteiger charge is 2.21. The molecule has 1 heterocycles. The summed E-state index contributed by atoms with van der Waals surface area (Å²) in [5.74, 6) is -1.17. The summed E-state index contributed by atoms with van der Waals surface area (Å²) in [5, 5.41) is 13.3. The third kappa shape index (κ3) is 11.0. The Hall–Kier alpha value is -2.56. The molecule has 5 heteroatoms. The van der Waals surface area contributed by atoms with Crippen molar-refractivity contribution in [2.45, 2.75) is 109 Å². The summed E-state index contributed by atoms with van der Waals surface area (Å²) in [4.78, 5) is 27.1. The van der Waals surface area contributed by atoms with E-state index >= 15 is 0 Å². The summed E-state index contributed by atoms with van der Waals surface area (Å²) in [5.41, 5.74) is 1.88. The smallest absolute Gasteiger partial charge is 0.326 e. The third-order valence-corrected chi connectivity index (χ3v) is 6.40. The number of nitrogens with one attached hydrogen (secondary N) is 2. The molecular formula is C29H44N2O3. The maximum atomic E-state index is 12.3. The molecule has 0 radical (unpaired) electrons. The van der Waals surface area contributed by atoms with Crippen LogP contribution in [0.15, 0.2) is 42.6 Å². The molecule has 0 saturated heterocycles. The number of hydrogen-bond donors (Lipinski definition) is 3. The van der Waals surface area contributed by atoms with E-state index in [1.807, 2.05) is 30.5 Å². The van der Waals surface area contributed by atoms with Crippen LogP contribution in [-0.4, -0.2) is 28.0 Å². The van der Waals surface area contributed by atoms with Crippen molar-refractivity contribution in [1.29, 1.82) is 0 Å². The lowest BCUT2D eigenvalue weighted by atomic mass is 10.0. The fraction of sp³-hybridized carbons (Fsp3) is 0.586. The lowest BCUT2D eigenvalue weighted by Gasteiger charge is -2.14. The number of aromatic amines is 1. The Bertz CT molecular complexity index is 871. The van der Waals surface area contributed by atoms with Gasteiger partial charge < -0.3 is 15.4 Å². The van der Waals surface area contributed by atoms with Crippen LogP contribution in [0.5, 0.6) is 0 Å². The van der Waals surface area contributed by atoms with Crippen molar-refractivity contribution in [3.05, 3.63) is 48.2 Å². The molecule has 1 aromatic carbocycles. The highest BCUT2D eigenvalue weighted by molar-refractivity contribution is 5.86. The van der Waals surface area contributed by atoms with E-state index in [0.29, 0.717) is 6.42 Å². The normalized spacial score (nSPS) is 12.4. The van der Waals surface area contributed by atoms with Crippen molar-refractivity contribution in [2.75, 3.05) is 0 Å². The molecule has 34 heavy (non-hydrogen) atoms. The molecule has 2 rings (SSSR count). The number of carbonyl (C=O) groups excluding carboxylic acids is 1. The average Bonchev–Trinajstić information content (AvgIpc) is 3.24. The number of unbranched alkanes of at least 4 members (excludes halogenated alkanes) is 11. The Morgan fingerprint density at radius 3 is 2.21 bits per heavy atom. The van der Waals surface area contributed by atoms with Crippen LogP contribution in [0, 0.1) is 0 Å². The summed E-state index contributed by atoms with van der Waals surface area (Å²) in [6.45, 7) is 2.25. The van der Waals surface area contributed by atoms with E-state index in [4.69, 9.17) is 0 Å². The van der Waals surface area contributed by atoms with Crippen molar-refractivity contribution < 1.29 is 14.7 Å². The number of rotatable bonds is 19. The molecule has 0 unspecified atom stereocenters. The van der Waals surface area contributed by atoms with E-state index in [2.05, 4.69) is 29.4 Å². The number of carboxylic acids is 1. The van der Waals surface area contributed by atoms with Gasteiger partial charge in [-0.2, -0.15) is 0 Å². The van der Waals surface area contributed by atoms with Gasteiger partial charge in [0, 0.05) is 29.9 Å². The molecule has 0 fully saturated rings. The summed E-state index contributed by atoms with van der Waals surface area (Å²) in [7, 11) is 0. The lowest BCUT2D eigenvalue weighted by molar-refractivity contribution is -0.141. The lowest BCUT2D eigenvalue weighted by Crippen LogP contribution is -2.42. The molecule has 2 aromatic rings. The van der Waals surface area contributed by atoms with Gasteiger partial charge >= 0.3 is 5.97 Å². The molecule has 0 bridgehead atoms. The van der Waals surface area contributed by atoms with Gasteiger partial charge in [-0.15, -0.1) is 0 Å². The van der Waals surface area contributed by atoms with Crippen LogP contribution in [0.4, 0.5) is 0 Å². The Balaban J connectivity index is 1.52. The van der Waals surface area contributed by atoms with Gasteiger partial charge in [0.25, 0.3) is 0 Å². The van der Waals surface area contributed by atoms with Crippen LogP contribution in [-0.2, 0) is 16.0 Å². The minimum atomic E-state index is -0.997. The molecule has 5 nitrogen and oxygen atoms in total. The molecule has 0 aliphatic rings. The second-order valence-corrected chi connectivity index (χ2v) is 9.36. The van der Waals surface area contributed by atoms with Crippen LogP contribution in [0.3, 0.4) is 0 Å². The van der Waals surface area contributed by atoms with Gasteiger partial charge in [0.15, 0.2) is 0 Å². The molecule has 0 aliphatic heterocycles. The van der Waals surface area contributed by atoms with Crippen LogP contribution in [0.25, 0.3) is 10.9 Å². The van der Waals surface area contributed by atoms with E-state index in [-0.39, 0.29) is 12.3 Å². The summed E-state index contributed by atoms with van der Waals surface area (Å²) < 4.78 is 0. The van der Waals surface area contributed by atoms with E-state index in [9.17, 15) is 14.7 Å². The van der Waals surface area contributed by atoms with Crippen molar-refractivity contribution in [3.63, 3.8) is 0 Å². The van der Waals surface area contributed by atoms with Crippen LogP contribution < -0.4 is 5.32 Å². The van der Waals surface area contributed by atoms with Gasteiger partial charge in [0.1, 0.15) is 6.04 Å². The molecule has 3 N–H and O–H groups in total. The Kier molecular flexibility index (Phi) is 13.8. The molecule has 1 amide bonds. The molecule has 1 atom stereocenters. The number of para-hydroxylation sites is 1. The number of carboxylic acid groups (broad SMARTS) is 1.